The van der Waals surface area contributed by atoms with E-state index >= 15 is 0 Å². The number of rotatable bonds is 5. The summed E-state index contributed by atoms with van der Waals surface area (Å²) in [4.78, 5) is 32.6. The van der Waals surface area contributed by atoms with Crippen molar-refractivity contribution in [2.75, 3.05) is 5.32 Å². The first-order valence-electron chi connectivity index (χ1n) is 6.61. The van der Waals surface area contributed by atoms with Gasteiger partial charge in [0.05, 0.1) is 16.9 Å². The molecule has 0 aromatic heterocycles. The van der Waals surface area contributed by atoms with Crippen LogP contribution in [-0.4, -0.2) is 32.1 Å². The largest absolute Gasteiger partial charge is 0.504 e. The van der Waals surface area contributed by atoms with Crippen LogP contribution in [0, 0.1) is 10.1 Å². The molecule has 0 aliphatic heterocycles. The van der Waals surface area contributed by atoms with Gasteiger partial charge < -0.3 is 20.6 Å². The second-order valence-corrected chi connectivity index (χ2v) is 4.81. The monoisotopic (exact) mass is 332 g/mol. The van der Waals surface area contributed by atoms with Crippen LogP contribution >= 0.6 is 0 Å². The van der Waals surface area contributed by atoms with Crippen LogP contribution in [0.2, 0.25) is 0 Å². The van der Waals surface area contributed by atoms with Gasteiger partial charge in [0.15, 0.2) is 5.75 Å². The third-order valence-corrected chi connectivity index (χ3v) is 3.15. The van der Waals surface area contributed by atoms with Crippen molar-refractivity contribution in [2.45, 2.75) is 6.42 Å². The van der Waals surface area contributed by atoms with Crippen LogP contribution in [0.3, 0.4) is 0 Å². The van der Waals surface area contributed by atoms with E-state index in [1.54, 1.807) is 0 Å². The van der Waals surface area contributed by atoms with E-state index in [1.807, 2.05) is 0 Å². The number of benzene rings is 2. The molecule has 0 unspecified atom stereocenters. The second kappa shape index (κ2) is 6.65. The van der Waals surface area contributed by atoms with Crippen molar-refractivity contribution in [1.82, 2.24) is 0 Å². The maximum absolute atomic E-state index is 12.0. The van der Waals surface area contributed by atoms with E-state index in [4.69, 9.17) is 5.11 Å². The fourth-order valence-corrected chi connectivity index (χ4v) is 2.01. The number of nitrogens with one attached hydrogen (secondary N) is 1. The minimum Gasteiger partial charge on any atom is -0.504 e. The summed E-state index contributed by atoms with van der Waals surface area (Å²) in [5.74, 6) is -3.41. The summed E-state index contributed by atoms with van der Waals surface area (Å²) in [6, 6.07) is 7.68. The molecule has 4 N–H and O–H groups in total. The minimum absolute atomic E-state index is 0.00927. The molecule has 2 aromatic carbocycles. The Morgan fingerprint density at radius 3 is 2.46 bits per heavy atom. The first-order valence-corrected chi connectivity index (χ1v) is 6.61. The third-order valence-electron chi connectivity index (χ3n) is 3.15. The Balaban J connectivity index is 2.16. The van der Waals surface area contributed by atoms with Gasteiger partial charge in [0, 0.05) is 17.3 Å². The van der Waals surface area contributed by atoms with E-state index < -0.39 is 34.0 Å². The fourth-order valence-electron chi connectivity index (χ4n) is 2.01. The van der Waals surface area contributed by atoms with Crippen molar-refractivity contribution in [3.63, 3.8) is 0 Å². The number of nitro benzene ring substituents is 1. The van der Waals surface area contributed by atoms with Crippen molar-refractivity contribution >= 4 is 23.3 Å². The Labute approximate surface area is 134 Å². The van der Waals surface area contributed by atoms with Crippen LogP contribution in [0.25, 0.3) is 0 Å². The zero-order chi connectivity index (χ0) is 17.9. The number of phenols is 2. The highest BCUT2D eigenvalue weighted by molar-refractivity contribution is 5.95. The Morgan fingerprint density at radius 2 is 1.83 bits per heavy atom. The number of nitro groups is 1. The molecule has 0 aliphatic rings. The van der Waals surface area contributed by atoms with E-state index in [0.717, 1.165) is 12.1 Å². The molecule has 0 aliphatic carbocycles. The predicted molar refractivity (Wildman–Crippen MR) is 82.2 cm³/mol. The van der Waals surface area contributed by atoms with Crippen molar-refractivity contribution < 1.29 is 29.8 Å². The Kier molecular flexibility index (Phi) is 4.64. The molecule has 124 valence electrons. The van der Waals surface area contributed by atoms with Gasteiger partial charge in [-0.25, -0.2) is 4.79 Å². The van der Waals surface area contributed by atoms with Crippen LogP contribution in [0.4, 0.5) is 11.4 Å². The van der Waals surface area contributed by atoms with Gasteiger partial charge >= 0.3 is 11.7 Å². The van der Waals surface area contributed by atoms with E-state index in [0.29, 0.717) is 0 Å². The molecule has 0 saturated carbocycles. The van der Waals surface area contributed by atoms with Gasteiger partial charge in [-0.05, 0) is 24.3 Å². The van der Waals surface area contributed by atoms with Crippen LogP contribution in [-0.2, 0) is 11.2 Å². The van der Waals surface area contributed by atoms with Crippen molar-refractivity contribution in [3.8, 4) is 11.5 Å². The van der Waals surface area contributed by atoms with Gasteiger partial charge in [-0.2, -0.15) is 0 Å². The van der Waals surface area contributed by atoms with E-state index in [2.05, 4.69) is 5.32 Å². The maximum Gasteiger partial charge on any atom is 0.335 e. The van der Waals surface area contributed by atoms with Crippen molar-refractivity contribution in [2.24, 2.45) is 0 Å². The van der Waals surface area contributed by atoms with Gasteiger partial charge in [0.25, 0.3) is 0 Å². The standard InChI is InChI=1S/C15H12N2O7/c18-12(16-10-3-1-2-9(6-10)15(21)22)7-8-4-5-11(17(23)24)14(20)13(8)19/h1-6,19-20H,7H2,(H,16,18)(H,21,22). The van der Waals surface area contributed by atoms with Crippen molar-refractivity contribution in [3.05, 3.63) is 57.6 Å². The van der Waals surface area contributed by atoms with Crippen LogP contribution in [0.5, 0.6) is 11.5 Å². The number of carbonyl (C=O) groups excluding carboxylic acids is 1. The second-order valence-electron chi connectivity index (χ2n) is 4.81. The molecule has 0 bridgehead atoms. The zero-order valence-electron chi connectivity index (χ0n) is 12.1. The Morgan fingerprint density at radius 1 is 1.12 bits per heavy atom. The average molecular weight is 332 g/mol. The van der Waals surface area contributed by atoms with Crippen LogP contribution in [0.1, 0.15) is 15.9 Å². The fraction of sp³-hybridized carbons (Fsp3) is 0.0667. The summed E-state index contributed by atoms with van der Waals surface area (Å²) in [6.07, 6.45) is -0.366. The highest BCUT2D eigenvalue weighted by Crippen LogP contribution is 2.37. The number of phenolic OH excluding ortho intramolecular Hbond substituents is 2. The van der Waals surface area contributed by atoms with E-state index in [-0.39, 0.29) is 23.2 Å². The number of aromatic carboxylic acids is 1. The molecule has 0 atom stereocenters. The topological polar surface area (TPSA) is 150 Å². The third kappa shape index (κ3) is 3.58. The van der Waals surface area contributed by atoms with Gasteiger partial charge in [-0.3, -0.25) is 14.9 Å². The quantitative estimate of drug-likeness (QED) is 0.371. The molecule has 2 aromatic rings. The number of nitrogens with zero attached hydrogens (tertiary/aromatic N) is 1. The molecule has 0 radical (unpaired) electrons. The maximum atomic E-state index is 12.0. The lowest BCUT2D eigenvalue weighted by molar-refractivity contribution is -0.386. The summed E-state index contributed by atoms with van der Waals surface area (Å²) in [7, 11) is 0. The van der Waals surface area contributed by atoms with Gasteiger partial charge in [-0.15, -0.1) is 0 Å². The highest BCUT2D eigenvalue weighted by Gasteiger charge is 2.21. The lowest BCUT2D eigenvalue weighted by Gasteiger charge is -2.08. The molecule has 9 nitrogen and oxygen atoms in total. The molecule has 0 fully saturated rings. The SMILES string of the molecule is O=C(Cc1ccc([N+](=O)[O-])c(O)c1O)Nc1cccc(C(=O)O)c1. The first kappa shape index (κ1) is 16.7. The smallest absolute Gasteiger partial charge is 0.335 e. The molecule has 2 rings (SSSR count). The molecule has 0 heterocycles. The number of carbonyl (C=O) groups is 2. The number of hydrogen-bond donors (Lipinski definition) is 4. The Bertz CT molecular complexity index is 833. The predicted octanol–water partition coefficient (Wildman–Crippen LogP) is 1.89. The summed E-state index contributed by atoms with van der Waals surface area (Å²) in [6.45, 7) is 0. The molecule has 24 heavy (non-hydrogen) atoms. The molecule has 0 spiro atoms. The molecule has 1 amide bonds. The van der Waals surface area contributed by atoms with Gasteiger partial charge in [0.2, 0.25) is 11.7 Å². The van der Waals surface area contributed by atoms with Crippen molar-refractivity contribution in [1.29, 1.82) is 0 Å². The van der Waals surface area contributed by atoms with Gasteiger partial charge in [-0.1, -0.05) is 6.07 Å². The lowest BCUT2D eigenvalue weighted by atomic mass is 10.1. The molecule has 0 saturated heterocycles. The van der Waals surface area contributed by atoms with Crippen LogP contribution < -0.4 is 5.32 Å². The first-order chi connectivity index (χ1) is 11.3. The summed E-state index contributed by atoms with van der Waals surface area (Å²) in [5.41, 5.74) is -0.454. The summed E-state index contributed by atoms with van der Waals surface area (Å²) >= 11 is 0. The normalized spacial score (nSPS) is 10.2. The number of carboxylic acid groups (broad SMARTS) is 1. The molecule has 9 heteroatoms. The molecular formula is C15H12N2O7. The Hall–Kier alpha value is -3.62. The van der Waals surface area contributed by atoms with E-state index in [1.165, 1.54) is 24.3 Å². The number of anilines is 1. The van der Waals surface area contributed by atoms with Gasteiger partial charge in [0.1, 0.15) is 0 Å². The van der Waals surface area contributed by atoms with E-state index in [9.17, 15) is 29.9 Å². The number of amides is 1. The number of aromatic hydroxyl groups is 2. The summed E-state index contributed by atoms with van der Waals surface area (Å²) < 4.78 is 0. The minimum atomic E-state index is -1.15. The summed E-state index contributed by atoms with van der Waals surface area (Å²) in [5, 5.41) is 41.3. The number of carboxylic acids is 1. The zero-order valence-corrected chi connectivity index (χ0v) is 12.1. The average Bonchev–Trinajstić information content (AvgIpc) is 2.51. The lowest BCUT2D eigenvalue weighted by Crippen LogP contribution is -2.15. The number of hydrogen-bond acceptors (Lipinski definition) is 6. The molecular weight excluding hydrogens is 320 g/mol. The highest BCUT2D eigenvalue weighted by atomic mass is 16.6. The van der Waals surface area contributed by atoms with Crippen LogP contribution in [0.15, 0.2) is 36.4 Å².